The molecule has 3 aromatic rings. The van der Waals surface area contributed by atoms with Crippen molar-refractivity contribution in [1.82, 2.24) is 30.8 Å². The highest BCUT2D eigenvalue weighted by Crippen LogP contribution is 2.20. The predicted octanol–water partition coefficient (Wildman–Crippen LogP) is 1.47. The van der Waals surface area contributed by atoms with Crippen LogP contribution in [-0.2, 0) is 11.2 Å². The number of aryl methyl sites for hydroxylation is 1. The van der Waals surface area contributed by atoms with Crippen molar-refractivity contribution < 1.29 is 14.1 Å². The second-order valence-corrected chi connectivity index (χ2v) is 7.18. The molecule has 1 aliphatic heterocycles. The number of likely N-dealkylation sites (tertiary alicyclic amines) is 1. The minimum atomic E-state index is -0.0735. The Labute approximate surface area is 161 Å². The van der Waals surface area contributed by atoms with Gasteiger partial charge < -0.3 is 14.7 Å². The van der Waals surface area contributed by atoms with Crippen molar-refractivity contribution in [1.29, 1.82) is 0 Å². The number of piperidine rings is 1. The van der Waals surface area contributed by atoms with Gasteiger partial charge in [-0.05, 0) is 43.9 Å². The fourth-order valence-electron chi connectivity index (χ4n) is 3.47. The van der Waals surface area contributed by atoms with E-state index >= 15 is 0 Å². The zero-order valence-corrected chi connectivity index (χ0v) is 15.6. The molecule has 0 atom stereocenters. The first-order valence-corrected chi connectivity index (χ1v) is 9.37. The van der Waals surface area contributed by atoms with Crippen LogP contribution in [0.15, 0.2) is 28.8 Å². The molecule has 3 heterocycles. The summed E-state index contributed by atoms with van der Waals surface area (Å²) in [5.41, 5.74) is 2.81. The Hall–Kier alpha value is -3.23. The van der Waals surface area contributed by atoms with E-state index < -0.39 is 0 Å². The summed E-state index contributed by atoms with van der Waals surface area (Å²) in [6.45, 7) is 3.79. The van der Waals surface area contributed by atoms with Crippen molar-refractivity contribution in [2.75, 3.05) is 19.6 Å². The summed E-state index contributed by atoms with van der Waals surface area (Å²) in [5, 5.41) is 17.3. The smallest absolute Gasteiger partial charge is 0.253 e. The Morgan fingerprint density at radius 3 is 2.75 bits per heavy atom. The van der Waals surface area contributed by atoms with Crippen molar-refractivity contribution in [2.24, 2.45) is 5.92 Å². The number of carbonyl (C=O) groups is 2. The molecule has 0 radical (unpaired) electrons. The highest BCUT2D eigenvalue weighted by atomic mass is 16.5. The molecular formula is C19H22N6O3. The molecule has 2 N–H and O–H groups in total. The van der Waals surface area contributed by atoms with Crippen LogP contribution in [0.1, 0.15) is 34.7 Å². The maximum Gasteiger partial charge on any atom is 0.253 e. The van der Waals surface area contributed by atoms with E-state index in [1.807, 2.05) is 11.8 Å². The lowest BCUT2D eigenvalue weighted by molar-refractivity contribution is -0.121. The minimum absolute atomic E-state index is 0.00748. The second-order valence-electron chi connectivity index (χ2n) is 7.18. The first kappa shape index (κ1) is 18.1. The van der Waals surface area contributed by atoms with E-state index in [4.69, 9.17) is 4.52 Å². The molecule has 0 unspecified atom stereocenters. The fraction of sp³-hybridized carbons (Fsp3) is 0.421. The summed E-state index contributed by atoms with van der Waals surface area (Å²) in [6, 6.07) is 7.11. The summed E-state index contributed by atoms with van der Waals surface area (Å²) in [7, 11) is 0. The first-order valence-electron chi connectivity index (χ1n) is 9.37. The number of aromatic amines is 1. The molecule has 28 heavy (non-hydrogen) atoms. The molecule has 0 bridgehead atoms. The topological polar surface area (TPSA) is 117 Å². The Kier molecular flexibility index (Phi) is 5.05. The van der Waals surface area contributed by atoms with Crippen LogP contribution < -0.4 is 5.32 Å². The molecule has 0 saturated carbocycles. The van der Waals surface area contributed by atoms with Crippen LogP contribution in [0.2, 0.25) is 0 Å². The van der Waals surface area contributed by atoms with Crippen LogP contribution in [0.3, 0.4) is 0 Å². The van der Waals surface area contributed by atoms with Crippen LogP contribution in [0.25, 0.3) is 11.0 Å². The highest BCUT2D eigenvalue weighted by molar-refractivity contribution is 5.97. The Morgan fingerprint density at radius 1 is 1.21 bits per heavy atom. The van der Waals surface area contributed by atoms with Crippen LogP contribution >= 0.6 is 0 Å². The molecule has 2 amide bonds. The second kappa shape index (κ2) is 7.79. The van der Waals surface area contributed by atoms with E-state index in [0.29, 0.717) is 42.4 Å². The van der Waals surface area contributed by atoms with Gasteiger partial charge in [-0.25, -0.2) is 0 Å². The van der Waals surface area contributed by atoms with Gasteiger partial charge in [-0.2, -0.15) is 15.4 Å². The van der Waals surface area contributed by atoms with Gasteiger partial charge in [0.2, 0.25) is 5.91 Å². The van der Waals surface area contributed by atoms with E-state index in [1.165, 1.54) is 0 Å². The Balaban J connectivity index is 1.24. The number of nitrogens with one attached hydrogen (secondary N) is 2. The summed E-state index contributed by atoms with van der Waals surface area (Å²) >= 11 is 0. The molecule has 146 valence electrons. The number of fused-ring (bicyclic) bond motifs is 1. The molecule has 9 nitrogen and oxygen atoms in total. The van der Waals surface area contributed by atoms with E-state index in [2.05, 4.69) is 25.9 Å². The lowest BCUT2D eigenvalue weighted by Crippen LogP contribution is -2.41. The number of H-pyrrole nitrogens is 1. The first-order chi connectivity index (χ1) is 13.6. The number of hydrogen-bond donors (Lipinski definition) is 2. The van der Waals surface area contributed by atoms with Gasteiger partial charge in [0.1, 0.15) is 16.8 Å². The standard InChI is InChI=1S/C19H22N6O3/c1-12-8-15(28-23-12)10-18(26)20-11-13-4-6-25(7-5-13)19(27)14-2-3-16-17(9-14)22-24-21-16/h2-3,8-9,13H,4-7,10-11H2,1H3,(H,20,26)(H,21,22,24). The maximum absolute atomic E-state index is 12.7. The molecule has 1 aromatic carbocycles. The number of hydrogen-bond acceptors (Lipinski definition) is 6. The summed E-state index contributed by atoms with van der Waals surface area (Å²) in [5.74, 6) is 0.866. The molecule has 0 spiro atoms. The van der Waals surface area contributed by atoms with E-state index in [-0.39, 0.29) is 18.2 Å². The Morgan fingerprint density at radius 2 is 2.00 bits per heavy atom. The van der Waals surface area contributed by atoms with Crippen molar-refractivity contribution in [3.63, 3.8) is 0 Å². The van der Waals surface area contributed by atoms with Gasteiger partial charge in [0.05, 0.1) is 12.1 Å². The third-order valence-corrected chi connectivity index (χ3v) is 5.06. The van der Waals surface area contributed by atoms with E-state index in [1.54, 1.807) is 24.3 Å². The highest BCUT2D eigenvalue weighted by Gasteiger charge is 2.24. The van der Waals surface area contributed by atoms with Crippen LogP contribution in [-0.4, -0.2) is 56.9 Å². The SMILES string of the molecule is Cc1cc(CC(=O)NCC2CCN(C(=O)c3ccc4n[nH]nc4c3)CC2)on1. The number of aromatic nitrogens is 4. The molecule has 1 aliphatic rings. The van der Waals surface area contributed by atoms with Crippen molar-refractivity contribution in [3.8, 4) is 0 Å². The van der Waals surface area contributed by atoms with Crippen molar-refractivity contribution >= 4 is 22.8 Å². The van der Waals surface area contributed by atoms with Crippen LogP contribution in [0, 0.1) is 12.8 Å². The molecule has 2 aromatic heterocycles. The van der Waals surface area contributed by atoms with Gasteiger partial charge in [-0.15, -0.1) is 0 Å². The van der Waals surface area contributed by atoms with Gasteiger partial charge in [-0.3, -0.25) is 9.59 Å². The molecule has 9 heteroatoms. The zero-order chi connectivity index (χ0) is 19.5. The molecule has 4 rings (SSSR count). The minimum Gasteiger partial charge on any atom is -0.361 e. The van der Waals surface area contributed by atoms with E-state index in [9.17, 15) is 9.59 Å². The van der Waals surface area contributed by atoms with Crippen LogP contribution in [0.4, 0.5) is 0 Å². The Bertz CT molecular complexity index is 986. The molecule has 0 aliphatic carbocycles. The maximum atomic E-state index is 12.7. The van der Waals surface area contributed by atoms with Gasteiger partial charge >= 0.3 is 0 Å². The quantitative estimate of drug-likeness (QED) is 0.690. The largest absolute Gasteiger partial charge is 0.361 e. The van der Waals surface area contributed by atoms with E-state index in [0.717, 1.165) is 24.1 Å². The average Bonchev–Trinajstić information content (AvgIpc) is 3.34. The normalized spacial score (nSPS) is 15.1. The molecule has 1 fully saturated rings. The third kappa shape index (κ3) is 4.03. The van der Waals surface area contributed by atoms with Gasteiger partial charge in [0.15, 0.2) is 0 Å². The number of benzene rings is 1. The number of nitrogens with zero attached hydrogens (tertiary/aromatic N) is 4. The number of rotatable bonds is 5. The predicted molar refractivity (Wildman–Crippen MR) is 100 cm³/mol. The fourth-order valence-corrected chi connectivity index (χ4v) is 3.47. The van der Waals surface area contributed by atoms with Crippen LogP contribution in [0.5, 0.6) is 0 Å². The van der Waals surface area contributed by atoms with Gasteiger partial charge in [0.25, 0.3) is 5.91 Å². The summed E-state index contributed by atoms with van der Waals surface area (Å²) in [6.07, 6.45) is 1.92. The average molecular weight is 382 g/mol. The molecule has 1 saturated heterocycles. The number of amides is 2. The van der Waals surface area contributed by atoms with Gasteiger partial charge in [0, 0.05) is 31.3 Å². The van der Waals surface area contributed by atoms with Gasteiger partial charge in [-0.1, -0.05) is 5.16 Å². The van der Waals surface area contributed by atoms with Crippen molar-refractivity contribution in [2.45, 2.75) is 26.2 Å². The summed E-state index contributed by atoms with van der Waals surface area (Å²) in [4.78, 5) is 26.6. The third-order valence-electron chi connectivity index (χ3n) is 5.06. The monoisotopic (exact) mass is 382 g/mol. The summed E-state index contributed by atoms with van der Waals surface area (Å²) < 4.78 is 5.07. The molecular weight excluding hydrogens is 360 g/mol. The zero-order valence-electron chi connectivity index (χ0n) is 15.6. The lowest BCUT2D eigenvalue weighted by Gasteiger charge is -2.32. The van der Waals surface area contributed by atoms with Crippen molar-refractivity contribution in [3.05, 3.63) is 41.3 Å². The lowest BCUT2D eigenvalue weighted by atomic mass is 9.96. The number of carbonyl (C=O) groups excluding carboxylic acids is 2.